The Morgan fingerprint density at radius 1 is 1.29 bits per heavy atom. The number of ether oxygens (including phenoxy) is 2. The first kappa shape index (κ1) is 18.5. The standard InChI is InChI=1S/C18H27N3O2S/c1-3-11-23-16-10-9-14(12-17(16)22-2)13-19-21-18(24)20-15-7-5-4-6-8-15/h9-10,12-13,15H,3-8,11H2,1-2H3,(H2,20,21,24)/b19-13-. The van der Waals surface area contributed by atoms with Crippen molar-refractivity contribution < 1.29 is 9.47 Å². The van der Waals surface area contributed by atoms with Crippen LogP contribution in [-0.2, 0) is 0 Å². The monoisotopic (exact) mass is 349 g/mol. The summed E-state index contributed by atoms with van der Waals surface area (Å²) in [4.78, 5) is 0. The summed E-state index contributed by atoms with van der Waals surface area (Å²) in [6.07, 6.45) is 8.93. The van der Waals surface area contributed by atoms with Gasteiger partial charge in [-0.15, -0.1) is 0 Å². The Labute approximate surface area is 149 Å². The van der Waals surface area contributed by atoms with E-state index in [4.69, 9.17) is 21.7 Å². The summed E-state index contributed by atoms with van der Waals surface area (Å²) in [5.74, 6) is 1.45. The number of methoxy groups -OCH3 is 1. The minimum Gasteiger partial charge on any atom is -0.493 e. The first-order valence-corrected chi connectivity index (χ1v) is 9.04. The number of nitrogens with zero attached hydrogens (tertiary/aromatic N) is 1. The molecule has 1 aromatic carbocycles. The molecule has 0 saturated heterocycles. The van der Waals surface area contributed by atoms with Crippen molar-refractivity contribution in [2.45, 2.75) is 51.5 Å². The van der Waals surface area contributed by atoms with E-state index in [0.29, 0.717) is 23.5 Å². The summed E-state index contributed by atoms with van der Waals surface area (Å²) in [6, 6.07) is 6.21. The molecule has 0 amide bonds. The van der Waals surface area contributed by atoms with Crippen LogP contribution in [0.4, 0.5) is 0 Å². The number of hydrogen-bond acceptors (Lipinski definition) is 4. The molecule has 0 radical (unpaired) electrons. The van der Waals surface area contributed by atoms with Gasteiger partial charge in [-0.05, 0) is 55.2 Å². The summed E-state index contributed by atoms with van der Waals surface area (Å²) in [7, 11) is 1.64. The van der Waals surface area contributed by atoms with E-state index in [0.717, 1.165) is 17.7 Å². The summed E-state index contributed by atoms with van der Waals surface area (Å²) < 4.78 is 11.0. The third-order valence-electron chi connectivity index (χ3n) is 3.97. The van der Waals surface area contributed by atoms with Crippen LogP contribution in [0.25, 0.3) is 0 Å². The predicted molar refractivity (Wildman–Crippen MR) is 102 cm³/mol. The fourth-order valence-corrected chi connectivity index (χ4v) is 2.95. The molecule has 1 saturated carbocycles. The molecule has 0 aliphatic heterocycles. The topological polar surface area (TPSA) is 54.9 Å². The number of hydrazone groups is 1. The van der Waals surface area contributed by atoms with Crippen molar-refractivity contribution in [3.8, 4) is 11.5 Å². The molecule has 0 spiro atoms. The van der Waals surface area contributed by atoms with Crippen LogP contribution in [0.3, 0.4) is 0 Å². The molecule has 6 heteroatoms. The number of hydrogen-bond donors (Lipinski definition) is 2. The lowest BCUT2D eigenvalue weighted by molar-refractivity contribution is 0.294. The van der Waals surface area contributed by atoms with Gasteiger partial charge in [-0.3, -0.25) is 5.43 Å². The van der Waals surface area contributed by atoms with E-state index in [-0.39, 0.29) is 0 Å². The highest BCUT2D eigenvalue weighted by Crippen LogP contribution is 2.27. The third kappa shape index (κ3) is 6.00. The highest BCUT2D eigenvalue weighted by Gasteiger charge is 2.13. The second-order valence-corrected chi connectivity index (χ2v) is 6.35. The molecule has 0 unspecified atom stereocenters. The lowest BCUT2D eigenvalue weighted by Crippen LogP contribution is -2.40. The maximum absolute atomic E-state index is 5.64. The summed E-state index contributed by atoms with van der Waals surface area (Å²) in [6.45, 7) is 2.75. The smallest absolute Gasteiger partial charge is 0.187 e. The van der Waals surface area contributed by atoms with Crippen molar-refractivity contribution >= 4 is 23.5 Å². The van der Waals surface area contributed by atoms with Gasteiger partial charge >= 0.3 is 0 Å². The van der Waals surface area contributed by atoms with Crippen LogP contribution in [-0.4, -0.2) is 31.1 Å². The van der Waals surface area contributed by atoms with Crippen molar-refractivity contribution in [3.05, 3.63) is 23.8 Å². The molecule has 24 heavy (non-hydrogen) atoms. The van der Waals surface area contributed by atoms with Crippen LogP contribution < -0.4 is 20.2 Å². The molecule has 1 aliphatic rings. The Balaban J connectivity index is 1.85. The van der Waals surface area contributed by atoms with Crippen LogP contribution >= 0.6 is 12.2 Å². The van der Waals surface area contributed by atoms with Gasteiger partial charge < -0.3 is 14.8 Å². The summed E-state index contributed by atoms with van der Waals surface area (Å²) in [5, 5.41) is 8.10. The third-order valence-corrected chi connectivity index (χ3v) is 4.18. The molecule has 0 bridgehead atoms. The second kappa shape index (κ2) is 10.1. The number of benzene rings is 1. The van der Waals surface area contributed by atoms with Crippen molar-refractivity contribution in [1.82, 2.24) is 10.7 Å². The molecule has 1 aromatic rings. The van der Waals surface area contributed by atoms with Gasteiger partial charge in [-0.2, -0.15) is 5.10 Å². The molecule has 1 fully saturated rings. The predicted octanol–water partition coefficient (Wildman–Crippen LogP) is 3.61. The van der Waals surface area contributed by atoms with E-state index >= 15 is 0 Å². The highest BCUT2D eigenvalue weighted by atomic mass is 32.1. The maximum atomic E-state index is 5.64. The zero-order valence-electron chi connectivity index (χ0n) is 14.5. The molecule has 2 N–H and O–H groups in total. The second-order valence-electron chi connectivity index (χ2n) is 5.94. The summed E-state index contributed by atoms with van der Waals surface area (Å²) in [5.41, 5.74) is 3.80. The first-order chi connectivity index (χ1) is 11.7. The fraction of sp³-hybridized carbons (Fsp3) is 0.556. The van der Waals surface area contributed by atoms with Gasteiger partial charge in [0.1, 0.15) is 0 Å². The average molecular weight is 350 g/mol. The molecule has 0 atom stereocenters. The molecular weight excluding hydrogens is 322 g/mol. The van der Waals surface area contributed by atoms with E-state index in [1.165, 1.54) is 32.1 Å². The minimum atomic E-state index is 0.476. The molecule has 2 rings (SSSR count). The molecule has 0 heterocycles. The van der Waals surface area contributed by atoms with Crippen LogP contribution in [0.1, 0.15) is 51.0 Å². The maximum Gasteiger partial charge on any atom is 0.187 e. The van der Waals surface area contributed by atoms with Gasteiger partial charge in [0, 0.05) is 6.04 Å². The van der Waals surface area contributed by atoms with E-state index in [9.17, 15) is 0 Å². The van der Waals surface area contributed by atoms with Crippen molar-refractivity contribution in [2.75, 3.05) is 13.7 Å². The molecule has 5 nitrogen and oxygen atoms in total. The molecule has 132 valence electrons. The van der Waals surface area contributed by atoms with E-state index in [1.54, 1.807) is 13.3 Å². The average Bonchev–Trinajstić information content (AvgIpc) is 2.61. The van der Waals surface area contributed by atoms with Gasteiger partial charge in [0.2, 0.25) is 0 Å². The van der Waals surface area contributed by atoms with Gasteiger partial charge in [-0.25, -0.2) is 0 Å². The van der Waals surface area contributed by atoms with E-state index in [2.05, 4.69) is 22.8 Å². The lowest BCUT2D eigenvalue weighted by atomic mass is 9.96. The summed E-state index contributed by atoms with van der Waals surface area (Å²) >= 11 is 5.29. The van der Waals surface area contributed by atoms with Crippen molar-refractivity contribution in [1.29, 1.82) is 0 Å². The number of thiocarbonyl (C=S) groups is 1. The lowest BCUT2D eigenvalue weighted by Gasteiger charge is -2.23. The molecular formula is C18H27N3O2S. The normalized spacial score (nSPS) is 15.2. The SMILES string of the molecule is CCCOc1ccc(/C=N\NC(=S)NC2CCCCC2)cc1OC. The largest absolute Gasteiger partial charge is 0.493 e. The van der Waals surface area contributed by atoms with Gasteiger partial charge in [0.15, 0.2) is 16.6 Å². The van der Waals surface area contributed by atoms with Crippen LogP contribution in [0.15, 0.2) is 23.3 Å². The Hall–Kier alpha value is -1.82. The van der Waals surface area contributed by atoms with E-state index < -0.39 is 0 Å². The van der Waals surface area contributed by atoms with Crippen LogP contribution in [0, 0.1) is 0 Å². The van der Waals surface area contributed by atoms with Crippen LogP contribution in [0.5, 0.6) is 11.5 Å². The van der Waals surface area contributed by atoms with Gasteiger partial charge in [0.05, 0.1) is 19.9 Å². The van der Waals surface area contributed by atoms with Crippen LogP contribution in [0.2, 0.25) is 0 Å². The quantitative estimate of drug-likeness (QED) is 0.447. The molecule has 0 aromatic heterocycles. The highest BCUT2D eigenvalue weighted by molar-refractivity contribution is 7.80. The Kier molecular flexibility index (Phi) is 7.82. The Bertz CT molecular complexity index is 557. The first-order valence-electron chi connectivity index (χ1n) is 8.63. The van der Waals surface area contributed by atoms with Gasteiger partial charge in [0.25, 0.3) is 0 Å². The Morgan fingerprint density at radius 3 is 2.79 bits per heavy atom. The minimum absolute atomic E-state index is 0.476. The van der Waals surface area contributed by atoms with Gasteiger partial charge in [-0.1, -0.05) is 26.2 Å². The van der Waals surface area contributed by atoms with Crippen molar-refractivity contribution in [2.24, 2.45) is 5.10 Å². The number of rotatable bonds is 7. The zero-order chi connectivity index (χ0) is 17.2. The van der Waals surface area contributed by atoms with Crippen molar-refractivity contribution in [3.63, 3.8) is 0 Å². The fourth-order valence-electron chi connectivity index (χ4n) is 2.73. The zero-order valence-corrected chi connectivity index (χ0v) is 15.3. The number of nitrogens with one attached hydrogen (secondary N) is 2. The molecule has 1 aliphatic carbocycles. The Morgan fingerprint density at radius 2 is 2.08 bits per heavy atom. The van der Waals surface area contributed by atoms with E-state index in [1.807, 2.05) is 18.2 Å².